The lowest BCUT2D eigenvalue weighted by Crippen LogP contribution is -2.31. The smallest absolute Gasteiger partial charge is 0.337 e. The molecule has 1 aliphatic rings. The van der Waals surface area contributed by atoms with E-state index in [1.54, 1.807) is 60.7 Å². The van der Waals surface area contributed by atoms with Crippen molar-refractivity contribution in [2.24, 2.45) is 0 Å². The predicted octanol–water partition coefficient (Wildman–Crippen LogP) is 5.62. The first-order valence-corrected chi connectivity index (χ1v) is 14.9. The van der Waals surface area contributed by atoms with Crippen LogP contribution in [0.5, 0.6) is 0 Å². The molecule has 4 aromatic carbocycles. The average Bonchev–Trinajstić information content (AvgIpc) is 3.33. The number of ether oxygens (including phenoxy) is 1. The van der Waals surface area contributed by atoms with Crippen LogP contribution in [0.25, 0.3) is 6.08 Å². The van der Waals surface area contributed by atoms with Crippen LogP contribution >= 0.6 is 11.8 Å². The lowest BCUT2D eigenvalue weighted by atomic mass is 10.1. The summed E-state index contributed by atoms with van der Waals surface area (Å²) < 4.78 is 4.70. The van der Waals surface area contributed by atoms with Crippen molar-refractivity contribution < 1.29 is 28.7 Å². The van der Waals surface area contributed by atoms with E-state index >= 15 is 0 Å². The number of carbonyl (C=O) groups excluding carboxylic acids is 5. The predicted molar refractivity (Wildman–Crippen MR) is 173 cm³/mol. The van der Waals surface area contributed by atoms with E-state index in [2.05, 4.69) is 10.6 Å². The van der Waals surface area contributed by atoms with Gasteiger partial charge in [0.2, 0.25) is 11.8 Å². The molecule has 1 fully saturated rings. The summed E-state index contributed by atoms with van der Waals surface area (Å²) >= 11 is 1.25. The van der Waals surface area contributed by atoms with E-state index in [1.165, 1.54) is 43.1 Å². The number of rotatable bonds is 9. The van der Waals surface area contributed by atoms with Gasteiger partial charge in [-0.25, -0.2) is 9.69 Å². The molecule has 226 valence electrons. The fraction of sp³-hybridized carbons (Fsp3) is 0.114. The zero-order valence-corrected chi connectivity index (χ0v) is 25.3. The lowest BCUT2D eigenvalue weighted by Gasteiger charge is -2.15. The highest BCUT2D eigenvalue weighted by Gasteiger charge is 2.40. The van der Waals surface area contributed by atoms with E-state index in [4.69, 9.17) is 4.74 Å². The third-order valence-electron chi connectivity index (χ3n) is 6.92. The Kier molecular flexibility index (Phi) is 9.54. The number of aryl methyl sites for hydroxylation is 1. The van der Waals surface area contributed by atoms with Crippen molar-refractivity contribution >= 4 is 58.8 Å². The number of carbonyl (C=O) groups is 5. The highest BCUT2D eigenvalue weighted by molar-refractivity contribution is 8.00. The first-order valence-electron chi connectivity index (χ1n) is 14.0. The highest BCUT2D eigenvalue weighted by Crippen LogP contribution is 2.34. The number of imide groups is 1. The summed E-state index contributed by atoms with van der Waals surface area (Å²) in [7, 11) is 1.28. The highest BCUT2D eigenvalue weighted by atomic mass is 32.2. The Morgan fingerprint density at radius 2 is 1.58 bits per heavy atom. The summed E-state index contributed by atoms with van der Waals surface area (Å²) in [4.78, 5) is 65.7. The number of anilines is 2. The molecule has 0 radical (unpaired) electrons. The van der Waals surface area contributed by atoms with Gasteiger partial charge in [-0.05, 0) is 79.2 Å². The van der Waals surface area contributed by atoms with Crippen LogP contribution < -0.4 is 15.5 Å². The van der Waals surface area contributed by atoms with E-state index < -0.39 is 23.0 Å². The fourth-order valence-electron chi connectivity index (χ4n) is 4.68. The molecule has 1 heterocycles. The van der Waals surface area contributed by atoms with Crippen LogP contribution in [-0.4, -0.2) is 42.0 Å². The Morgan fingerprint density at radius 1 is 0.867 bits per heavy atom. The molecule has 1 aliphatic heterocycles. The van der Waals surface area contributed by atoms with E-state index in [9.17, 15) is 24.0 Å². The van der Waals surface area contributed by atoms with Crippen molar-refractivity contribution in [3.8, 4) is 0 Å². The van der Waals surface area contributed by atoms with Gasteiger partial charge in [0.25, 0.3) is 11.8 Å². The summed E-state index contributed by atoms with van der Waals surface area (Å²) in [5.74, 6) is -2.12. The van der Waals surface area contributed by atoms with Crippen molar-refractivity contribution in [3.63, 3.8) is 0 Å². The van der Waals surface area contributed by atoms with Crippen molar-refractivity contribution in [1.82, 2.24) is 5.32 Å². The summed E-state index contributed by atoms with van der Waals surface area (Å²) in [6.45, 7) is 1.94. The molecule has 1 unspecified atom stereocenters. The van der Waals surface area contributed by atoms with E-state index in [-0.39, 0.29) is 23.9 Å². The maximum atomic E-state index is 13.3. The van der Waals surface area contributed by atoms with Crippen molar-refractivity contribution in [3.05, 3.63) is 131 Å². The Hall–Kier alpha value is -5.48. The van der Waals surface area contributed by atoms with E-state index in [0.29, 0.717) is 22.5 Å². The third-order valence-corrected chi connectivity index (χ3v) is 8.12. The van der Waals surface area contributed by atoms with Crippen LogP contribution in [0.15, 0.2) is 114 Å². The minimum absolute atomic E-state index is 0.0228. The number of hydrogen-bond donors (Lipinski definition) is 2. The Bertz CT molecular complexity index is 1790. The first kappa shape index (κ1) is 31.0. The molecule has 0 bridgehead atoms. The van der Waals surface area contributed by atoms with Gasteiger partial charge in [0.15, 0.2) is 0 Å². The minimum Gasteiger partial charge on any atom is -0.465 e. The second-order valence-corrected chi connectivity index (χ2v) is 11.5. The molecule has 0 saturated carbocycles. The molecular weight excluding hydrogens is 590 g/mol. The second-order valence-electron chi connectivity index (χ2n) is 10.2. The molecule has 1 atom stereocenters. The van der Waals surface area contributed by atoms with Gasteiger partial charge in [-0.1, -0.05) is 48.0 Å². The van der Waals surface area contributed by atoms with Crippen LogP contribution in [-0.2, 0) is 19.1 Å². The van der Waals surface area contributed by atoms with Crippen LogP contribution in [0.4, 0.5) is 11.4 Å². The average molecular weight is 620 g/mol. The van der Waals surface area contributed by atoms with Gasteiger partial charge < -0.3 is 15.4 Å². The second kappa shape index (κ2) is 13.9. The van der Waals surface area contributed by atoms with Gasteiger partial charge in [-0.2, -0.15) is 0 Å². The first-order chi connectivity index (χ1) is 21.7. The normalized spacial score (nSPS) is 14.7. The van der Waals surface area contributed by atoms with Gasteiger partial charge in [-0.3, -0.25) is 19.2 Å². The molecule has 10 heteroatoms. The Morgan fingerprint density at radius 3 is 2.24 bits per heavy atom. The molecule has 2 N–H and O–H groups in total. The summed E-state index contributed by atoms with van der Waals surface area (Å²) in [6.07, 6.45) is 1.64. The maximum Gasteiger partial charge on any atom is 0.337 e. The molecule has 4 amide bonds. The molecule has 0 aliphatic carbocycles. The molecule has 0 aromatic heterocycles. The van der Waals surface area contributed by atoms with Crippen molar-refractivity contribution in [2.75, 3.05) is 17.3 Å². The molecule has 1 saturated heterocycles. The third kappa shape index (κ3) is 7.54. The van der Waals surface area contributed by atoms with Crippen LogP contribution in [0, 0.1) is 6.92 Å². The maximum absolute atomic E-state index is 13.3. The quantitative estimate of drug-likeness (QED) is 0.142. The molecule has 9 nitrogen and oxygen atoms in total. The van der Waals surface area contributed by atoms with Crippen molar-refractivity contribution in [1.29, 1.82) is 0 Å². The number of nitrogens with zero attached hydrogens (tertiary/aromatic N) is 1. The van der Waals surface area contributed by atoms with E-state index in [1.807, 2.05) is 31.2 Å². The van der Waals surface area contributed by atoms with E-state index in [0.717, 1.165) is 20.9 Å². The fourth-order valence-corrected chi connectivity index (χ4v) is 5.73. The van der Waals surface area contributed by atoms with Gasteiger partial charge in [-0.15, -0.1) is 11.8 Å². The van der Waals surface area contributed by atoms with Gasteiger partial charge >= 0.3 is 5.97 Å². The number of methoxy groups -OCH3 is 1. The van der Waals surface area contributed by atoms with Crippen LogP contribution in [0.2, 0.25) is 0 Å². The molecule has 45 heavy (non-hydrogen) atoms. The number of benzene rings is 4. The largest absolute Gasteiger partial charge is 0.465 e. The van der Waals surface area contributed by atoms with Crippen LogP contribution in [0.3, 0.4) is 0 Å². The molecule has 4 aromatic rings. The Labute approximate surface area is 264 Å². The Balaban J connectivity index is 1.26. The van der Waals surface area contributed by atoms with Gasteiger partial charge in [0.05, 0.1) is 23.6 Å². The number of nitrogens with one attached hydrogen (secondary N) is 2. The number of hydrogen-bond acceptors (Lipinski definition) is 7. The molecule has 0 spiro atoms. The summed E-state index contributed by atoms with van der Waals surface area (Å²) in [6, 6.07) is 29.1. The lowest BCUT2D eigenvalue weighted by molar-refractivity contribution is -0.121. The van der Waals surface area contributed by atoms with Gasteiger partial charge in [0, 0.05) is 22.6 Å². The summed E-state index contributed by atoms with van der Waals surface area (Å²) in [5.41, 5.74) is 3.43. The molecular formula is C35H29N3O6S. The van der Waals surface area contributed by atoms with Crippen LogP contribution in [0.1, 0.15) is 38.3 Å². The number of thioether (sulfide) groups is 1. The minimum atomic E-state index is -0.629. The monoisotopic (exact) mass is 619 g/mol. The summed E-state index contributed by atoms with van der Waals surface area (Å²) in [5, 5.41) is 4.92. The van der Waals surface area contributed by atoms with Crippen molar-refractivity contribution in [2.45, 2.75) is 23.5 Å². The van der Waals surface area contributed by atoms with Gasteiger partial charge in [0.1, 0.15) is 5.70 Å². The zero-order chi connectivity index (χ0) is 31.9. The standard InChI is InChI=1S/C35H29N3O6S/c1-22-7-6-8-23(19-22)20-29(37-32(40)24-9-4-3-5-10-24)33(41)36-26-13-17-28(18-14-26)45-30-21-31(39)38(34(30)42)27-15-11-25(12-16-27)35(43)44-2/h3-20,30H,21H2,1-2H3,(H,36,41)(H,37,40)/b29-20-. The topological polar surface area (TPSA) is 122 Å². The molecule has 5 rings (SSSR count). The number of esters is 1. The zero-order valence-electron chi connectivity index (χ0n) is 24.5. The SMILES string of the molecule is COC(=O)c1ccc(N2C(=O)CC(Sc3ccc(NC(=O)/C(=C/c4cccc(C)c4)NC(=O)c4ccccc4)cc3)C2=O)cc1. The number of amides is 4.